The van der Waals surface area contributed by atoms with Gasteiger partial charge >= 0.3 is 0 Å². The molecule has 0 radical (unpaired) electrons. The van der Waals surface area contributed by atoms with Gasteiger partial charge in [0.25, 0.3) is 0 Å². The third-order valence-corrected chi connectivity index (χ3v) is 4.75. The monoisotopic (exact) mass is 220 g/mol. The van der Waals surface area contributed by atoms with E-state index in [9.17, 15) is 5.11 Å². The molecule has 0 saturated heterocycles. The molecule has 2 fully saturated rings. The summed E-state index contributed by atoms with van der Waals surface area (Å²) in [5.74, 6) is 3.59. The molecule has 0 spiro atoms. The van der Waals surface area contributed by atoms with Crippen molar-refractivity contribution >= 4 is 0 Å². The van der Waals surface area contributed by atoms with Gasteiger partial charge in [-0.15, -0.1) is 6.42 Å². The molecule has 1 N–H and O–H groups in total. The highest BCUT2D eigenvalue weighted by atomic mass is 16.3. The maximum Gasteiger partial charge on any atom is 0.135 e. The summed E-state index contributed by atoms with van der Waals surface area (Å²) < 4.78 is 0. The summed E-state index contributed by atoms with van der Waals surface area (Å²) in [5.41, 5.74) is -1.14. The fourth-order valence-corrected chi connectivity index (χ4v) is 3.36. The molecule has 16 heavy (non-hydrogen) atoms. The molecule has 0 heterocycles. The Morgan fingerprint density at radius 2 is 1.88 bits per heavy atom. The van der Waals surface area contributed by atoms with Gasteiger partial charge in [-0.3, -0.25) is 0 Å². The molecule has 2 rings (SSSR count). The van der Waals surface area contributed by atoms with Crippen molar-refractivity contribution in [3.8, 4) is 12.3 Å². The summed E-state index contributed by atoms with van der Waals surface area (Å²) in [6.45, 7) is 6.21. The summed E-state index contributed by atoms with van der Waals surface area (Å²) in [4.78, 5) is 0. The maximum atomic E-state index is 11.0. The lowest BCUT2D eigenvalue weighted by molar-refractivity contribution is -0.154. The van der Waals surface area contributed by atoms with Crippen LogP contribution in [-0.4, -0.2) is 10.7 Å². The maximum absolute atomic E-state index is 11.0. The van der Waals surface area contributed by atoms with E-state index in [1.165, 1.54) is 19.3 Å². The molecule has 2 aliphatic rings. The molecule has 0 amide bonds. The molecular weight excluding hydrogens is 196 g/mol. The first kappa shape index (κ1) is 12.0. The van der Waals surface area contributed by atoms with E-state index in [1.807, 2.05) is 0 Å². The van der Waals surface area contributed by atoms with Crippen LogP contribution in [0.1, 0.15) is 59.3 Å². The zero-order valence-corrected chi connectivity index (χ0v) is 10.8. The quantitative estimate of drug-likeness (QED) is 0.723. The molecule has 1 heteroatoms. The lowest BCUT2D eigenvalue weighted by atomic mass is 9.50. The molecule has 1 atom stereocenters. The standard InChI is InChI=1S/C15H24O/c1-5-15(16,13(2,3)4)14(9-6-10-14)11-12-7-8-12/h1,12,16H,6-11H2,2-4H3. The van der Waals surface area contributed by atoms with Crippen molar-refractivity contribution < 1.29 is 5.11 Å². The van der Waals surface area contributed by atoms with Crippen molar-refractivity contribution in [2.24, 2.45) is 16.7 Å². The number of hydrogen-bond acceptors (Lipinski definition) is 1. The van der Waals surface area contributed by atoms with Crippen LogP contribution in [0.15, 0.2) is 0 Å². The smallest absolute Gasteiger partial charge is 0.135 e. The Morgan fingerprint density at radius 3 is 2.12 bits per heavy atom. The van der Waals surface area contributed by atoms with Crippen molar-refractivity contribution in [2.45, 2.75) is 64.9 Å². The topological polar surface area (TPSA) is 20.2 Å². The number of rotatable bonds is 3. The molecule has 90 valence electrons. The first-order valence-corrected chi connectivity index (χ1v) is 6.55. The number of terminal acetylenes is 1. The lowest BCUT2D eigenvalue weighted by Crippen LogP contribution is -2.59. The van der Waals surface area contributed by atoms with Crippen LogP contribution >= 0.6 is 0 Å². The summed E-state index contributed by atoms with van der Waals surface area (Å²) in [6, 6.07) is 0. The van der Waals surface area contributed by atoms with Gasteiger partial charge in [-0.25, -0.2) is 0 Å². The van der Waals surface area contributed by atoms with Crippen molar-refractivity contribution in [3.63, 3.8) is 0 Å². The Hall–Kier alpha value is -0.480. The van der Waals surface area contributed by atoms with E-state index >= 15 is 0 Å². The Morgan fingerprint density at radius 1 is 1.31 bits per heavy atom. The molecular formula is C15H24O. The van der Waals surface area contributed by atoms with Gasteiger partial charge in [0.05, 0.1) is 0 Å². The average molecular weight is 220 g/mol. The number of hydrogen-bond donors (Lipinski definition) is 1. The van der Waals surface area contributed by atoms with E-state index in [2.05, 4.69) is 26.7 Å². The van der Waals surface area contributed by atoms with Gasteiger partial charge in [-0.1, -0.05) is 46.0 Å². The normalized spacial score (nSPS) is 27.7. The Balaban J connectivity index is 2.27. The van der Waals surface area contributed by atoms with E-state index in [4.69, 9.17) is 6.42 Å². The van der Waals surface area contributed by atoms with Gasteiger partial charge in [0.2, 0.25) is 0 Å². The highest BCUT2D eigenvalue weighted by Crippen LogP contribution is 2.60. The molecule has 0 bridgehead atoms. The minimum absolute atomic E-state index is 0.0150. The fraction of sp³-hybridized carbons (Fsp3) is 0.867. The van der Waals surface area contributed by atoms with Crippen molar-refractivity contribution in [2.75, 3.05) is 0 Å². The van der Waals surface area contributed by atoms with Crippen LogP contribution in [0.5, 0.6) is 0 Å². The van der Waals surface area contributed by atoms with Gasteiger partial charge < -0.3 is 5.11 Å². The zero-order chi connectivity index (χ0) is 12.0. The van der Waals surface area contributed by atoms with Crippen molar-refractivity contribution in [3.05, 3.63) is 0 Å². The number of aliphatic hydroxyl groups is 1. The summed E-state index contributed by atoms with van der Waals surface area (Å²) in [6.07, 6.45) is 13.0. The largest absolute Gasteiger partial charge is 0.376 e. The van der Waals surface area contributed by atoms with Crippen LogP contribution in [0, 0.1) is 29.1 Å². The SMILES string of the molecule is C#CC(O)(C(C)(C)C)C1(CC2CC2)CCC1. The van der Waals surface area contributed by atoms with Crippen LogP contribution < -0.4 is 0 Å². The second-order valence-electron chi connectivity index (χ2n) is 6.89. The van der Waals surface area contributed by atoms with Crippen molar-refractivity contribution in [1.82, 2.24) is 0 Å². The molecule has 2 aliphatic carbocycles. The zero-order valence-electron chi connectivity index (χ0n) is 10.8. The molecule has 1 nitrogen and oxygen atoms in total. The van der Waals surface area contributed by atoms with Crippen LogP contribution in [0.2, 0.25) is 0 Å². The fourth-order valence-electron chi connectivity index (χ4n) is 3.36. The predicted molar refractivity (Wildman–Crippen MR) is 66.9 cm³/mol. The van der Waals surface area contributed by atoms with Crippen molar-refractivity contribution in [1.29, 1.82) is 0 Å². The van der Waals surface area contributed by atoms with Crippen LogP contribution in [0.25, 0.3) is 0 Å². The first-order chi connectivity index (χ1) is 7.35. The molecule has 1 unspecified atom stereocenters. The minimum atomic E-state index is -0.930. The Bertz CT molecular complexity index is 309. The van der Waals surface area contributed by atoms with Gasteiger partial charge in [-0.2, -0.15) is 0 Å². The Labute approximate surface area is 99.6 Å². The predicted octanol–water partition coefficient (Wildman–Crippen LogP) is 3.37. The third-order valence-electron chi connectivity index (χ3n) is 4.75. The highest BCUT2D eigenvalue weighted by molar-refractivity contribution is 5.23. The summed E-state index contributed by atoms with van der Waals surface area (Å²) >= 11 is 0. The second-order valence-corrected chi connectivity index (χ2v) is 6.89. The summed E-state index contributed by atoms with van der Waals surface area (Å²) in [7, 11) is 0. The van der Waals surface area contributed by atoms with Crippen LogP contribution in [0.4, 0.5) is 0 Å². The van der Waals surface area contributed by atoms with Crippen LogP contribution in [0.3, 0.4) is 0 Å². The lowest BCUT2D eigenvalue weighted by Gasteiger charge is -2.56. The van der Waals surface area contributed by atoms with Crippen LogP contribution in [-0.2, 0) is 0 Å². The van der Waals surface area contributed by atoms with Gasteiger partial charge in [0.1, 0.15) is 5.60 Å². The Kier molecular flexibility index (Phi) is 2.63. The molecule has 0 aromatic rings. The van der Waals surface area contributed by atoms with Gasteiger partial charge in [0, 0.05) is 10.8 Å². The van der Waals surface area contributed by atoms with E-state index in [0.717, 1.165) is 25.2 Å². The first-order valence-electron chi connectivity index (χ1n) is 6.55. The second kappa shape index (κ2) is 3.50. The van der Waals surface area contributed by atoms with E-state index in [0.29, 0.717) is 0 Å². The molecule has 2 saturated carbocycles. The summed E-state index contributed by atoms with van der Waals surface area (Å²) in [5, 5.41) is 11.0. The molecule has 0 aromatic carbocycles. The van der Waals surface area contributed by atoms with E-state index in [-0.39, 0.29) is 10.8 Å². The van der Waals surface area contributed by atoms with Gasteiger partial charge in [-0.05, 0) is 25.2 Å². The van der Waals surface area contributed by atoms with Gasteiger partial charge in [0.15, 0.2) is 0 Å². The highest BCUT2D eigenvalue weighted by Gasteiger charge is 2.59. The average Bonchev–Trinajstić information content (AvgIpc) is 2.91. The molecule has 0 aromatic heterocycles. The third kappa shape index (κ3) is 1.59. The minimum Gasteiger partial charge on any atom is -0.376 e. The van der Waals surface area contributed by atoms with E-state index in [1.54, 1.807) is 0 Å². The molecule has 0 aliphatic heterocycles. The van der Waals surface area contributed by atoms with E-state index < -0.39 is 5.60 Å².